The van der Waals surface area contributed by atoms with E-state index in [1.807, 2.05) is 23.7 Å². The minimum Gasteiger partial charge on any atom is -0.352 e. The van der Waals surface area contributed by atoms with Crippen LogP contribution in [0.4, 0.5) is 0 Å². The summed E-state index contributed by atoms with van der Waals surface area (Å²) in [6.45, 7) is 0. The first-order valence-electron chi connectivity index (χ1n) is 7.37. The van der Waals surface area contributed by atoms with Crippen LogP contribution in [0.3, 0.4) is 0 Å². The van der Waals surface area contributed by atoms with E-state index in [2.05, 4.69) is 20.5 Å². The van der Waals surface area contributed by atoms with E-state index in [0.29, 0.717) is 17.4 Å². The molecule has 0 unspecified atom stereocenters. The van der Waals surface area contributed by atoms with E-state index in [1.165, 1.54) is 11.8 Å². The molecule has 1 fully saturated rings. The van der Waals surface area contributed by atoms with Crippen LogP contribution in [0.5, 0.6) is 0 Å². The lowest BCUT2D eigenvalue weighted by Crippen LogP contribution is -2.36. The van der Waals surface area contributed by atoms with Crippen LogP contribution in [0.2, 0.25) is 0 Å². The molecular weight excluding hydrogens is 350 g/mol. The van der Waals surface area contributed by atoms with Crippen molar-refractivity contribution in [1.29, 1.82) is 0 Å². The molecule has 10 heteroatoms. The molecule has 24 heavy (non-hydrogen) atoms. The summed E-state index contributed by atoms with van der Waals surface area (Å²) in [5.41, 5.74) is 0.896. The summed E-state index contributed by atoms with van der Waals surface area (Å²) < 4.78 is 24.6. The van der Waals surface area contributed by atoms with Crippen molar-refractivity contribution in [1.82, 2.24) is 25.1 Å². The Kier molecular flexibility index (Phi) is 4.86. The van der Waals surface area contributed by atoms with Gasteiger partial charge in [-0.3, -0.25) is 9.78 Å². The molecule has 0 aliphatic carbocycles. The number of aromatic nitrogens is 4. The minimum absolute atomic E-state index is 0.0273. The van der Waals surface area contributed by atoms with Crippen molar-refractivity contribution in [2.24, 2.45) is 7.05 Å². The van der Waals surface area contributed by atoms with Crippen molar-refractivity contribution in [2.75, 3.05) is 17.3 Å². The van der Waals surface area contributed by atoms with Crippen LogP contribution >= 0.6 is 11.8 Å². The molecule has 0 radical (unpaired) electrons. The highest BCUT2D eigenvalue weighted by Crippen LogP contribution is 2.22. The molecule has 1 saturated heterocycles. The van der Waals surface area contributed by atoms with Gasteiger partial charge in [0.15, 0.2) is 20.8 Å². The number of amides is 1. The molecule has 0 aromatic carbocycles. The van der Waals surface area contributed by atoms with Crippen molar-refractivity contribution < 1.29 is 13.2 Å². The smallest absolute Gasteiger partial charge is 0.230 e. The zero-order valence-corrected chi connectivity index (χ0v) is 14.7. The van der Waals surface area contributed by atoms with Crippen molar-refractivity contribution in [3.63, 3.8) is 0 Å². The Morgan fingerprint density at radius 3 is 2.79 bits per heavy atom. The van der Waals surface area contributed by atoms with Crippen LogP contribution in [-0.2, 0) is 21.7 Å². The van der Waals surface area contributed by atoms with Gasteiger partial charge in [0.25, 0.3) is 0 Å². The Bertz CT molecular complexity index is 835. The molecule has 128 valence electrons. The topological polar surface area (TPSA) is 107 Å². The van der Waals surface area contributed by atoms with E-state index in [4.69, 9.17) is 0 Å². The quantitative estimate of drug-likeness (QED) is 0.756. The lowest BCUT2D eigenvalue weighted by Gasteiger charge is -2.10. The minimum atomic E-state index is -3.00. The molecular formula is C14H17N5O3S2. The van der Waals surface area contributed by atoms with E-state index < -0.39 is 9.84 Å². The number of carbonyl (C=O) groups is 1. The summed E-state index contributed by atoms with van der Waals surface area (Å²) in [6.07, 6.45) is 3.84. The second-order valence-electron chi connectivity index (χ2n) is 5.56. The standard InChI is InChI=1S/C14H17N5O3S2/c1-19-13(10-2-5-15-6-3-10)17-18-14(19)23-8-12(20)16-11-4-7-24(21,22)9-11/h2-3,5-6,11H,4,7-9H2,1H3,(H,16,20)/t11-/m1/s1. The van der Waals surface area contributed by atoms with Gasteiger partial charge >= 0.3 is 0 Å². The Hall–Kier alpha value is -1.94. The third-order valence-corrected chi connectivity index (χ3v) is 6.49. The highest BCUT2D eigenvalue weighted by molar-refractivity contribution is 7.99. The molecule has 2 aromatic rings. The molecule has 0 bridgehead atoms. The Morgan fingerprint density at radius 2 is 2.12 bits per heavy atom. The zero-order valence-electron chi connectivity index (χ0n) is 13.0. The van der Waals surface area contributed by atoms with Crippen molar-refractivity contribution >= 4 is 27.5 Å². The number of carbonyl (C=O) groups excluding carboxylic acids is 1. The summed E-state index contributed by atoms with van der Waals surface area (Å²) in [5, 5.41) is 11.6. The molecule has 0 spiro atoms. The third kappa shape index (κ3) is 3.93. The number of nitrogens with zero attached hydrogens (tertiary/aromatic N) is 4. The van der Waals surface area contributed by atoms with Crippen molar-refractivity contribution in [3.05, 3.63) is 24.5 Å². The Labute approximate surface area is 144 Å². The Morgan fingerprint density at radius 1 is 1.38 bits per heavy atom. The van der Waals surface area contributed by atoms with E-state index in [9.17, 15) is 13.2 Å². The number of thioether (sulfide) groups is 1. The highest BCUT2D eigenvalue weighted by Gasteiger charge is 2.28. The van der Waals surface area contributed by atoms with E-state index >= 15 is 0 Å². The number of sulfone groups is 1. The molecule has 1 N–H and O–H groups in total. The number of hydrogen-bond acceptors (Lipinski definition) is 7. The fourth-order valence-corrected chi connectivity index (χ4v) is 4.90. The van der Waals surface area contributed by atoms with Crippen LogP contribution in [-0.4, -0.2) is 57.4 Å². The molecule has 3 heterocycles. The van der Waals surface area contributed by atoms with Crippen LogP contribution < -0.4 is 5.32 Å². The normalized spacial score (nSPS) is 19.3. The summed E-state index contributed by atoms with van der Waals surface area (Å²) >= 11 is 1.27. The van der Waals surface area contributed by atoms with Gasteiger partial charge in [0, 0.05) is 31.0 Å². The average molecular weight is 367 g/mol. The van der Waals surface area contributed by atoms with E-state index in [0.717, 1.165) is 5.56 Å². The molecule has 1 atom stereocenters. The molecule has 0 saturated carbocycles. The summed E-state index contributed by atoms with van der Waals surface area (Å²) in [6, 6.07) is 3.40. The summed E-state index contributed by atoms with van der Waals surface area (Å²) in [7, 11) is -1.16. The van der Waals surface area contributed by atoms with Gasteiger partial charge in [0.05, 0.1) is 17.3 Å². The zero-order chi connectivity index (χ0) is 17.2. The molecule has 3 rings (SSSR count). The first kappa shape index (κ1) is 16.9. The monoisotopic (exact) mass is 367 g/mol. The second-order valence-corrected chi connectivity index (χ2v) is 8.73. The van der Waals surface area contributed by atoms with Crippen LogP contribution in [0.25, 0.3) is 11.4 Å². The predicted octanol–water partition coefficient (Wildman–Crippen LogP) is 0.273. The molecule has 2 aromatic heterocycles. The maximum Gasteiger partial charge on any atom is 0.230 e. The lowest BCUT2D eigenvalue weighted by molar-refractivity contribution is -0.119. The number of pyridine rings is 1. The molecule has 1 aliphatic heterocycles. The van der Waals surface area contributed by atoms with Gasteiger partial charge in [-0.15, -0.1) is 10.2 Å². The SMILES string of the molecule is Cn1c(SCC(=O)N[C@@H]2CCS(=O)(=O)C2)nnc1-c1ccncc1. The van der Waals surface area contributed by atoms with Crippen molar-refractivity contribution in [3.8, 4) is 11.4 Å². The van der Waals surface area contributed by atoms with Crippen LogP contribution in [0.15, 0.2) is 29.7 Å². The molecule has 8 nitrogen and oxygen atoms in total. The van der Waals surface area contributed by atoms with Gasteiger partial charge in [-0.1, -0.05) is 11.8 Å². The fourth-order valence-electron chi connectivity index (χ4n) is 2.50. The van der Waals surface area contributed by atoms with Gasteiger partial charge in [-0.2, -0.15) is 0 Å². The summed E-state index contributed by atoms with van der Waals surface area (Å²) in [4.78, 5) is 15.9. The van der Waals surface area contributed by atoms with Crippen molar-refractivity contribution in [2.45, 2.75) is 17.6 Å². The number of hydrogen-bond donors (Lipinski definition) is 1. The lowest BCUT2D eigenvalue weighted by atomic mass is 10.2. The van der Waals surface area contributed by atoms with E-state index in [-0.39, 0.29) is 29.2 Å². The van der Waals surface area contributed by atoms with Gasteiger partial charge < -0.3 is 9.88 Å². The predicted molar refractivity (Wildman–Crippen MR) is 90.2 cm³/mol. The Balaban J connectivity index is 1.57. The first-order valence-corrected chi connectivity index (χ1v) is 10.2. The van der Waals surface area contributed by atoms with Gasteiger partial charge in [-0.05, 0) is 18.6 Å². The van der Waals surface area contributed by atoms with Crippen LogP contribution in [0, 0.1) is 0 Å². The van der Waals surface area contributed by atoms with Crippen LogP contribution in [0.1, 0.15) is 6.42 Å². The maximum atomic E-state index is 12.0. The number of rotatable bonds is 5. The van der Waals surface area contributed by atoms with Gasteiger partial charge in [-0.25, -0.2) is 8.42 Å². The molecule has 1 aliphatic rings. The third-order valence-electron chi connectivity index (χ3n) is 3.70. The van der Waals surface area contributed by atoms with Gasteiger partial charge in [0.2, 0.25) is 5.91 Å². The second kappa shape index (κ2) is 6.89. The molecule has 1 amide bonds. The summed E-state index contributed by atoms with van der Waals surface area (Å²) in [5.74, 6) is 0.833. The fraction of sp³-hybridized carbons (Fsp3) is 0.429. The van der Waals surface area contributed by atoms with E-state index in [1.54, 1.807) is 12.4 Å². The maximum absolute atomic E-state index is 12.0. The first-order chi connectivity index (χ1) is 11.4. The highest BCUT2D eigenvalue weighted by atomic mass is 32.2. The average Bonchev–Trinajstić information content (AvgIpc) is 3.08. The largest absolute Gasteiger partial charge is 0.352 e. The number of nitrogens with one attached hydrogen (secondary N) is 1. The van der Waals surface area contributed by atoms with Gasteiger partial charge in [0.1, 0.15) is 0 Å².